The molecule has 164 valence electrons. The molecule has 0 saturated heterocycles. The molecule has 8 heteroatoms. The van der Waals surface area contributed by atoms with E-state index in [0.717, 1.165) is 30.9 Å². The fourth-order valence-corrected chi connectivity index (χ4v) is 4.59. The summed E-state index contributed by atoms with van der Waals surface area (Å²) in [6.07, 6.45) is 9.32. The van der Waals surface area contributed by atoms with Crippen molar-refractivity contribution in [3.05, 3.63) is 64.3 Å². The fraction of sp³-hybridized carbons (Fsp3) is 0.375. The van der Waals surface area contributed by atoms with Crippen molar-refractivity contribution in [2.45, 2.75) is 51.7 Å². The molecule has 1 fully saturated rings. The number of rotatable bonds is 5. The number of nitrogens with zero attached hydrogens (tertiary/aromatic N) is 5. The fourth-order valence-electron chi connectivity index (χ4n) is 4.59. The largest absolute Gasteiger partial charge is 0.349 e. The van der Waals surface area contributed by atoms with Crippen LogP contribution < -0.4 is 16.2 Å². The maximum absolute atomic E-state index is 13.2. The smallest absolute Gasteiger partial charge is 0.278 e. The van der Waals surface area contributed by atoms with E-state index in [-0.39, 0.29) is 11.6 Å². The second-order valence-corrected chi connectivity index (χ2v) is 9.07. The third kappa shape index (κ3) is 3.22. The zero-order valence-corrected chi connectivity index (χ0v) is 18.4. The average Bonchev–Trinajstić information content (AvgIpc) is 3.46. The zero-order chi connectivity index (χ0) is 21.8. The van der Waals surface area contributed by atoms with Crippen molar-refractivity contribution >= 4 is 22.7 Å². The van der Waals surface area contributed by atoms with Crippen LogP contribution in [0.15, 0.2) is 47.7 Å². The third-order valence-corrected chi connectivity index (χ3v) is 6.37. The first-order valence-corrected chi connectivity index (χ1v) is 11.4. The number of benzene rings is 1. The first-order valence-electron chi connectivity index (χ1n) is 11.4. The molecule has 3 aromatic heterocycles. The van der Waals surface area contributed by atoms with Crippen LogP contribution in [0.2, 0.25) is 0 Å². The summed E-state index contributed by atoms with van der Waals surface area (Å²) in [6, 6.07) is 9.02. The summed E-state index contributed by atoms with van der Waals surface area (Å²) in [5.41, 5.74) is 5.13. The Morgan fingerprint density at radius 1 is 1.19 bits per heavy atom. The van der Waals surface area contributed by atoms with Crippen molar-refractivity contribution < 1.29 is 0 Å². The lowest BCUT2D eigenvalue weighted by Crippen LogP contribution is -2.24. The van der Waals surface area contributed by atoms with E-state index in [1.807, 2.05) is 18.5 Å². The van der Waals surface area contributed by atoms with Crippen molar-refractivity contribution in [3.8, 4) is 5.69 Å². The van der Waals surface area contributed by atoms with E-state index >= 15 is 0 Å². The minimum absolute atomic E-state index is 0.00877. The van der Waals surface area contributed by atoms with Crippen LogP contribution in [0, 0.1) is 0 Å². The van der Waals surface area contributed by atoms with E-state index in [2.05, 4.69) is 56.8 Å². The standard InChI is InChI=1S/C24H27N7O/c1-15(2)30-23(32)21-13-26-24(27-18-4-3-16-7-9-25-12-17(16)11-18)28-22(21)31(30)20-8-10-29(14-20)19-5-6-19/h3-4,8,10-11,13-15,19,25H,5-7,9,12H2,1-2H3,(H,26,27,28). The highest BCUT2D eigenvalue weighted by atomic mass is 16.1. The highest BCUT2D eigenvalue weighted by molar-refractivity contribution is 5.77. The highest BCUT2D eigenvalue weighted by Gasteiger charge is 2.25. The van der Waals surface area contributed by atoms with Crippen LogP contribution in [0.25, 0.3) is 16.7 Å². The Bertz CT molecular complexity index is 1370. The second kappa shape index (κ2) is 7.34. The van der Waals surface area contributed by atoms with E-state index in [1.54, 1.807) is 10.9 Å². The molecule has 6 rings (SSSR count). The molecule has 0 unspecified atom stereocenters. The Morgan fingerprint density at radius 2 is 2.06 bits per heavy atom. The minimum atomic E-state index is -0.0689. The summed E-state index contributed by atoms with van der Waals surface area (Å²) in [5.74, 6) is 0.484. The number of aromatic nitrogens is 5. The topological polar surface area (TPSA) is 81.7 Å². The number of nitrogens with one attached hydrogen (secondary N) is 2. The van der Waals surface area contributed by atoms with Crippen LogP contribution in [0.5, 0.6) is 0 Å². The van der Waals surface area contributed by atoms with Gasteiger partial charge < -0.3 is 15.2 Å². The van der Waals surface area contributed by atoms with Gasteiger partial charge in [-0.3, -0.25) is 4.79 Å². The van der Waals surface area contributed by atoms with E-state index in [9.17, 15) is 4.79 Å². The first-order chi connectivity index (χ1) is 15.6. The van der Waals surface area contributed by atoms with Crippen LogP contribution >= 0.6 is 0 Å². The molecular formula is C24H27N7O. The molecule has 0 atom stereocenters. The van der Waals surface area contributed by atoms with Crippen LogP contribution in [0.1, 0.15) is 49.9 Å². The summed E-state index contributed by atoms with van der Waals surface area (Å²) in [7, 11) is 0. The van der Waals surface area contributed by atoms with Crippen molar-refractivity contribution in [2.24, 2.45) is 0 Å². The van der Waals surface area contributed by atoms with Gasteiger partial charge >= 0.3 is 0 Å². The summed E-state index contributed by atoms with van der Waals surface area (Å²) < 4.78 is 5.93. The van der Waals surface area contributed by atoms with Gasteiger partial charge in [-0.05, 0) is 69.0 Å². The summed E-state index contributed by atoms with van der Waals surface area (Å²) >= 11 is 0. The van der Waals surface area contributed by atoms with Crippen molar-refractivity contribution in [2.75, 3.05) is 11.9 Å². The minimum Gasteiger partial charge on any atom is -0.349 e. The van der Waals surface area contributed by atoms with Crippen LogP contribution in [0.3, 0.4) is 0 Å². The molecule has 32 heavy (non-hydrogen) atoms. The quantitative estimate of drug-likeness (QED) is 0.506. The number of anilines is 2. The monoisotopic (exact) mass is 429 g/mol. The van der Waals surface area contributed by atoms with Gasteiger partial charge in [-0.15, -0.1) is 0 Å². The second-order valence-electron chi connectivity index (χ2n) is 9.07. The maximum atomic E-state index is 13.2. The molecule has 1 aliphatic heterocycles. The molecule has 0 spiro atoms. The zero-order valence-electron chi connectivity index (χ0n) is 18.4. The molecule has 1 aromatic carbocycles. The van der Waals surface area contributed by atoms with Crippen LogP contribution in [-0.2, 0) is 13.0 Å². The Kier molecular flexibility index (Phi) is 4.43. The molecule has 2 N–H and O–H groups in total. The molecule has 4 heterocycles. The molecule has 0 radical (unpaired) electrons. The Labute approximate surface area is 185 Å². The van der Waals surface area contributed by atoms with E-state index < -0.39 is 0 Å². The van der Waals surface area contributed by atoms with Gasteiger partial charge in [0.05, 0.1) is 5.69 Å². The van der Waals surface area contributed by atoms with Gasteiger partial charge in [0.25, 0.3) is 5.56 Å². The molecule has 2 aliphatic rings. The Morgan fingerprint density at radius 3 is 2.88 bits per heavy atom. The summed E-state index contributed by atoms with van der Waals surface area (Å²) in [4.78, 5) is 22.4. The molecule has 0 bridgehead atoms. The van der Waals surface area contributed by atoms with E-state index in [1.165, 1.54) is 24.0 Å². The van der Waals surface area contributed by atoms with Gasteiger partial charge in [0.15, 0.2) is 5.65 Å². The molecule has 1 saturated carbocycles. The predicted molar refractivity (Wildman–Crippen MR) is 125 cm³/mol. The average molecular weight is 430 g/mol. The number of hydrogen-bond donors (Lipinski definition) is 2. The maximum Gasteiger partial charge on any atom is 0.278 e. The van der Waals surface area contributed by atoms with Gasteiger partial charge in [0.1, 0.15) is 5.39 Å². The highest BCUT2D eigenvalue weighted by Crippen LogP contribution is 2.35. The third-order valence-electron chi connectivity index (χ3n) is 6.37. The van der Waals surface area contributed by atoms with Crippen LogP contribution in [0.4, 0.5) is 11.6 Å². The number of fused-ring (bicyclic) bond motifs is 2. The van der Waals surface area contributed by atoms with Gasteiger partial charge in [0.2, 0.25) is 5.95 Å². The van der Waals surface area contributed by atoms with Gasteiger partial charge in [-0.2, -0.15) is 4.98 Å². The summed E-state index contributed by atoms with van der Waals surface area (Å²) in [5, 5.41) is 7.28. The SMILES string of the molecule is CC(C)n1c(=O)c2cnc(Nc3ccc4c(c3)CNCC4)nc2n1-c1ccn(C2CC2)c1. The molecule has 4 aromatic rings. The first kappa shape index (κ1) is 19.3. The predicted octanol–water partition coefficient (Wildman–Crippen LogP) is 3.69. The van der Waals surface area contributed by atoms with Crippen molar-refractivity contribution in [1.29, 1.82) is 0 Å². The lowest BCUT2D eigenvalue weighted by atomic mass is 10.0. The Hall–Kier alpha value is -3.39. The molecular weight excluding hydrogens is 402 g/mol. The molecule has 1 aliphatic carbocycles. The molecule has 0 amide bonds. The normalized spacial score (nSPS) is 16.0. The van der Waals surface area contributed by atoms with E-state index in [4.69, 9.17) is 4.98 Å². The number of hydrogen-bond acceptors (Lipinski definition) is 5. The van der Waals surface area contributed by atoms with Gasteiger partial charge in [-0.1, -0.05) is 6.07 Å². The summed E-state index contributed by atoms with van der Waals surface area (Å²) in [6.45, 7) is 5.93. The Balaban J connectivity index is 1.44. The lowest BCUT2D eigenvalue weighted by Gasteiger charge is -2.18. The van der Waals surface area contributed by atoms with Gasteiger partial charge in [-0.25, -0.2) is 14.3 Å². The van der Waals surface area contributed by atoms with Crippen LogP contribution in [-0.4, -0.2) is 30.4 Å². The van der Waals surface area contributed by atoms with Gasteiger partial charge in [0, 0.05) is 42.9 Å². The van der Waals surface area contributed by atoms with Crippen molar-refractivity contribution in [1.82, 2.24) is 29.2 Å². The molecule has 8 nitrogen and oxygen atoms in total. The lowest BCUT2D eigenvalue weighted by molar-refractivity contribution is 0.475. The van der Waals surface area contributed by atoms with Crippen molar-refractivity contribution in [3.63, 3.8) is 0 Å². The van der Waals surface area contributed by atoms with E-state index in [0.29, 0.717) is 23.0 Å².